The highest BCUT2D eigenvalue weighted by Gasteiger charge is 2.30. The van der Waals surface area contributed by atoms with Gasteiger partial charge in [-0.3, -0.25) is 9.59 Å². The summed E-state index contributed by atoms with van der Waals surface area (Å²) in [5.74, 6) is 0.536. The predicted octanol–water partition coefficient (Wildman–Crippen LogP) is 6.76. The van der Waals surface area contributed by atoms with Crippen molar-refractivity contribution in [3.05, 3.63) is 95.1 Å². The summed E-state index contributed by atoms with van der Waals surface area (Å²) < 4.78 is 0. The first-order chi connectivity index (χ1) is 19.5. The Bertz CT molecular complexity index is 1420. The van der Waals surface area contributed by atoms with Crippen molar-refractivity contribution >= 4 is 29.4 Å². The number of rotatable bonds is 8. The lowest BCUT2D eigenvalue weighted by Gasteiger charge is -2.25. The quantitative estimate of drug-likeness (QED) is 0.347. The number of carbonyl (C=O) groups is 2. The highest BCUT2D eigenvalue weighted by atomic mass is 16.2. The smallest absolute Gasteiger partial charge is 0.254 e. The van der Waals surface area contributed by atoms with Crippen LogP contribution < -0.4 is 5.73 Å². The molecule has 40 heavy (non-hydrogen) atoms. The molecule has 0 aliphatic carbocycles. The van der Waals surface area contributed by atoms with Crippen molar-refractivity contribution in [1.82, 2.24) is 9.80 Å². The van der Waals surface area contributed by atoms with Crippen molar-refractivity contribution in [1.29, 1.82) is 0 Å². The van der Waals surface area contributed by atoms with E-state index >= 15 is 0 Å². The molecule has 2 heterocycles. The number of amidine groups is 1. The van der Waals surface area contributed by atoms with Gasteiger partial charge in [-0.05, 0) is 66.6 Å². The Morgan fingerprint density at radius 2 is 1.65 bits per heavy atom. The van der Waals surface area contributed by atoms with Gasteiger partial charge in [0.15, 0.2) is 0 Å². The van der Waals surface area contributed by atoms with Crippen LogP contribution in [0.3, 0.4) is 0 Å². The fraction of sp³-hybridized carbons (Fsp3) is 0.324. The Morgan fingerprint density at radius 3 is 2.35 bits per heavy atom. The van der Waals surface area contributed by atoms with Gasteiger partial charge < -0.3 is 15.5 Å². The van der Waals surface area contributed by atoms with Crippen LogP contribution >= 0.6 is 0 Å². The zero-order valence-corrected chi connectivity index (χ0v) is 23.5. The fourth-order valence-electron chi connectivity index (χ4n) is 5.77. The molecule has 1 saturated heterocycles. The summed E-state index contributed by atoms with van der Waals surface area (Å²) in [5, 5.41) is 0. The first-order valence-electron chi connectivity index (χ1n) is 14.4. The molecule has 3 aromatic rings. The largest absolute Gasteiger partial charge is 0.387 e. The lowest BCUT2D eigenvalue weighted by Crippen LogP contribution is -2.34. The van der Waals surface area contributed by atoms with Crippen molar-refractivity contribution in [3.63, 3.8) is 0 Å². The van der Waals surface area contributed by atoms with E-state index in [1.807, 2.05) is 76.5 Å². The monoisotopic (exact) mass is 534 g/mol. The van der Waals surface area contributed by atoms with Crippen LogP contribution in [-0.4, -0.2) is 47.1 Å². The summed E-state index contributed by atoms with van der Waals surface area (Å²) in [6.07, 6.45) is 6.11. The molecule has 2 aliphatic rings. The van der Waals surface area contributed by atoms with Gasteiger partial charge in [-0.15, -0.1) is 0 Å². The summed E-state index contributed by atoms with van der Waals surface area (Å²) in [6, 6.07) is 24.3. The van der Waals surface area contributed by atoms with E-state index in [-0.39, 0.29) is 17.9 Å². The molecule has 6 heteroatoms. The molecule has 0 saturated carbocycles. The van der Waals surface area contributed by atoms with Crippen molar-refractivity contribution in [2.75, 3.05) is 19.6 Å². The molecule has 6 nitrogen and oxygen atoms in total. The summed E-state index contributed by atoms with van der Waals surface area (Å²) in [7, 11) is 0. The molecule has 5 rings (SSSR count). The van der Waals surface area contributed by atoms with E-state index in [4.69, 9.17) is 5.73 Å². The minimum absolute atomic E-state index is 0.0338. The van der Waals surface area contributed by atoms with Crippen molar-refractivity contribution < 1.29 is 9.59 Å². The van der Waals surface area contributed by atoms with Gasteiger partial charge in [-0.2, -0.15) is 0 Å². The molecular formula is C34H38N4O2. The number of fused-ring (bicyclic) bond motifs is 1. The number of likely N-dealkylation sites (tertiary alicyclic amines) is 1. The summed E-state index contributed by atoms with van der Waals surface area (Å²) in [5.41, 5.74) is 12.4. The molecule has 206 valence electrons. The summed E-state index contributed by atoms with van der Waals surface area (Å²) in [4.78, 5) is 35.3. The van der Waals surface area contributed by atoms with Gasteiger partial charge in [0.2, 0.25) is 5.91 Å². The van der Waals surface area contributed by atoms with Crippen LogP contribution in [0.2, 0.25) is 0 Å². The topological polar surface area (TPSA) is 79.0 Å². The summed E-state index contributed by atoms with van der Waals surface area (Å²) >= 11 is 0. The van der Waals surface area contributed by atoms with Crippen LogP contribution in [0.15, 0.2) is 83.4 Å². The van der Waals surface area contributed by atoms with Gasteiger partial charge in [0, 0.05) is 42.8 Å². The van der Waals surface area contributed by atoms with Crippen LogP contribution in [0.4, 0.5) is 5.69 Å². The lowest BCUT2D eigenvalue weighted by atomic mass is 9.99. The van der Waals surface area contributed by atoms with E-state index < -0.39 is 0 Å². The zero-order valence-electron chi connectivity index (χ0n) is 23.5. The molecule has 0 bridgehead atoms. The van der Waals surface area contributed by atoms with Crippen molar-refractivity contribution in [3.8, 4) is 11.1 Å². The minimum atomic E-state index is 0.0338. The standard InChI is InChI=1S/C34H38N4O2/c1-3-18-37(19-4-2)33(39)29-21-28-17-16-27(22-30(28)36-32(35)23-29)24-12-14-26(15-13-24)34(40)38-20-8-11-31(38)25-9-6-5-7-10-25/h5-7,9-10,12-17,21-22,31H,3-4,8,11,18-20,23H2,1-2H3,(H2,35,36). The van der Waals surface area contributed by atoms with E-state index in [1.54, 1.807) is 0 Å². The molecular weight excluding hydrogens is 496 g/mol. The highest BCUT2D eigenvalue weighted by molar-refractivity contribution is 6.05. The Balaban J connectivity index is 1.36. The lowest BCUT2D eigenvalue weighted by molar-refractivity contribution is -0.127. The van der Waals surface area contributed by atoms with E-state index in [2.05, 4.69) is 31.0 Å². The predicted molar refractivity (Wildman–Crippen MR) is 162 cm³/mol. The van der Waals surface area contributed by atoms with Crippen LogP contribution in [0.1, 0.15) is 73.5 Å². The van der Waals surface area contributed by atoms with Crippen LogP contribution in [0.25, 0.3) is 17.2 Å². The molecule has 2 aliphatic heterocycles. The Hall–Kier alpha value is -4.19. The summed E-state index contributed by atoms with van der Waals surface area (Å²) in [6.45, 7) is 6.41. The first-order valence-corrected chi connectivity index (χ1v) is 14.4. The number of aliphatic imine (C=N–C) groups is 1. The SMILES string of the molecule is CCCN(CCC)C(=O)C1=Cc2ccc(-c3ccc(C(=O)N4CCCC4c4ccccc4)cc3)cc2N=C(N)C1. The van der Waals surface area contributed by atoms with E-state index in [0.717, 1.165) is 67.7 Å². The molecule has 3 aromatic carbocycles. The molecule has 1 fully saturated rings. The third-order valence-electron chi connectivity index (χ3n) is 7.71. The first kappa shape index (κ1) is 27.4. The van der Waals surface area contributed by atoms with Gasteiger partial charge in [0.05, 0.1) is 11.7 Å². The van der Waals surface area contributed by atoms with E-state index in [0.29, 0.717) is 23.4 Å². The maximum atomic E-state index is 13.4. The average molecular weight is 535 g/mol. The molecule has 1 unspecified atom stereocenters. The third kappa shape index (κ3) is 5.86. The Kier molecular flexibility index (Phi) is 8.44. The van der Waals surface area contributed by atoms with Gasteiger partial charge >= 0.3 is 0 Å². The van der Waals surface area contributed by atoms with Crippen molar-refractivity contribution in [2.45, 2.75) is 52.0 Å². The van der Waals surface area contributed by atoms with Gasteiger partial charge in [0.1, 0.15) is 5.84 Å². The number of nitrogens with two attached hydrogens (primary N) is 1. The van der Waals surface area contributed by atoms with Gasteiger partial charge in [-0.1, -0.05) is 68.4 Å². The second-order valence-corrected chi connectivity index (χ2v) is 10.7. The molecule has 0 aromatic heterocycles. The average Bonchev–Trinajstić information content (AvgIpc) is 3.40. The number of benzene rings is 3. The van der Waals surface area contributed by atoms with Gasteiger partial charge in [-0.25, -0.2) is 4.99 Å². The Labute approximate surface area is 237 Å². The number of hydrogen-bond donors (Lipinski definition) is 1. The minimum Gasteiger partial charge on any atom is -0.387 e. The molecule has 1 atom stereocenters. The maximum Gasteiger partial charge on any atom is 0.254 e. The Morgan fingerprint density at radius 1 is 0.950 bits per heavy atom. The normalized spacial score (nSPS) is 16.6. The maximum absolute atomic E-state index is 13.4. The van der Waals surface area contributed by atoms with Crippen LogP contribution in [0.5, 0.6) is 0 Å². The van der Waals surface area contributed by atoms with E-state index in [1.165, 1.54) is 5.56 Å². The van der Waals surface area contributed by atoms with Crippen molar-refractivity contribution in [2.24, 2.45) is 10.7 Å². The fourth-order valence-corrected chi connectivity index (χ4v) is 5.77. The second kappa shape index (κ2) is 12.3. The number of hydrogen-bond acceptors (Lipinski definition) is 4. The van der Waals surface area contributed by atoms with Crippen LogP contribution in [-0.2, 0) is 4.79 Å². The molecule has 0 spiro atoms. The zero-order chi connectivity index (χ0) is 28.1. The van der Waals surface area contributed by atoms with E-state index in [9.17, 15) is 9.59 Å². The second-order valence-electron chi connectivity index (χ2n) is 10.7. The number of carbonyl (C=O) groups excluding carboxylic acids is 2. The number of nitrogens with zero attached hydrogens (tertiary/aromatic N) is 3. The van der Waals surface area contributed by atoms with Gasteiger partial charge in [0.25, 0.3) is 5.91 Å². The molecule has 0 radical (unpaired) electrons. The highest BCUT2D eigenvalue weighted by Crippen LogP contribution is 2.35. The molecule has 2 amide bonds. The molecule has 2 N–H and O–H groups in total. The van der Waals surface area contributed by atoms with Crippen LogP contribution in [0, 0.1) is 0 Å². The number of amides is 2. The third-order valence-corrected chi connectivity index (χ3v) is 7.71.